The molecule has 0 aliphatic carbocycles. The van der Waals surface area contributed by atoms with Crippen LogP contribution in [0.5, 0.6) is 0 Å². The predicted molar refractivity (Wildman–Crippen MR) is 77.5 cm³/mol. The highest BCUT2D eigenvalue weighted by Gasteiger charge is 2.29. The molecule has 2 heterocycles. The highest BCUT2D eigenvalue weighted by molar-refractivity contribution is 9.09. The monoisotopic (exact) mass is 333 g/mol. The number of hydrogen-bond acceptors (Lipinski definition) is 3. The zero-order chi connectivity index (χ0) is 13.7. The number of carbonyl (C=O) groups excluding carboxylic acids is 1. The van der Waals surface area contributed by atoms with Gasteiger partial charge in [0.1, 0.15) is 0 Å². The average molecular weight is 334 g/mol. The molecule has 1 amide bonds. The van der Waals surface area contributed by atoms with Gasteiger partial charge in [-0.2, -0.15) is 0 Å². The van der Waals surface area contributed by atoms with E-state index < -0.39 is 0 Å². The van der Waals surface area contributed by atoms with Crippen LogP contribution in [0.2, 0.25) is 0 Å². The van der Waals surface area contributed by atoms with E-state index in [1.807, 2.05) is 4.90 Å². The standard InChI is InChI=1S/C14H24BrNO3/c1-11-10-19-13(8-15)9-16(11)14(17)6-5-12-4-2-3-7-18-12/h11-13H,2-10H2,1H3. The zero-order valence-electron chi connectivity index (χ0n) is 11.6. The van der Waals surface area contributed by atoms with E-state index in [-0.39, 0.29) is 18.1 Å². The number of halogens is 1. The van der Waals surface area contributed by atoms with E-state index in [1.54, 1.807) is 0 Å². The Bertz CT molecular complexity index is 294. The van der Waals surface area contributed by atoms with Crippen LogP contribution in [0, 0.1) is 0 Å². The summed E-state index contributed by atoms with van der Waals surface area (Å²) in [4.78, 5) is 14.3. The second-order valence-corrected chi connectivity index (χ2v) is 6.18. The summed E-state index contributed by atoms with van der Waals surface area (Å²) in [5.74, 6) is 0.246. The van der Waals surface area contributed by atoms with Gasteiger partial charge in [0.05, 0.1) is 24.9 Å². The van der Waals surface area contributed by atoms with Crippen molar-refractivity contribution in [2.75, 3.05) is 25.1 Å². The van der Waals surface area contributed by atoms with E-state index in [9.17, 15) is 4.79 Å². The topological polar surface area (TPSA) is 38.8 Å². The van der Waals surface area contributed by atoms with Crippen LogP contribution in [0.1, 0.15) is 39.0 Å². The summed E-state index contributed by atoms with van der Waals surface area (Å²) >= 11 is 3.43. The van der Waals surface area contributed by atoms with Crippen LogP contribution in [0.4, 0.5) is 0 Å². The Balaban J connectivity index is 1.77. The Labute approximate surface area is 123 Å². The lowest BCUT2D eigenvalue weighted by Gasteiger charge is -2.38. The van der Waals surface area contributed by atoms with Crippen molar-refractivity contribution in [1.29, 1.82) is 0 Å². The first-order chi connectivity index (χ1) is 9.20. The number of morpholine rings is 1. The van der Waals surface area contributed by atoms with Gasteiger partial charge in [-0.05, 0) is 32.6 Å². The van der Waals surface area contributed by atoms with Crippen LogP contribution in [0.25, 0.3) is 0 Å². The zero-order valence-corrected chi connectivity index (χ0v) is 13.2. The summed E-state index contributed by atoms with van der Waals surface area (Å²) in [7, 11) is 0. The summed E-state index contributed by atoms with van der Waals surface area (Å²) in [6.45, 7) is 4.26. The molecule has 0 spiro atoms. The Kier molecular flexibility index (Phi) is 6.10. The summed E-state index contributed by atoms with van der Waals surface area (Å²) in [6.07, 6.45) is 5.39. The van der Waals surface area contributed by atoms with E-state index in [0.29, 0.717) is 25.7 Å². The molecule has 2 aliphatic heterocycles. The molecule has 0 N–H and O–H groups in total. The van der Waals surface area contributed by atoms with Gasteiger partial charge in [-0.15, -0.1) is 0 Å². The first-order valence-electron chi connectivity index (χ1n) is 7.29. The molecular formula is C14H24BrNO3. The van der Waals surface area contributed by atoms with E-state index in [1.165, 1.54) is 6.42 Å². The van der Waals surface area contributed by atoms with Crippen molar-refractivity contribution in [3.8, 4) is 0 Å². The molecule has 2 saturated heterocycles. The number of ether oxygens (including phenoxy) is 2. The maximum Gasteiger partial charge on any atom is 0.223 e. The van der Waals surface area contributed by atoms with E-state index in [2.05, 4.69) is 22.9 Å². The Morgan fingerprint density at radius 1 is 1.32 bits per heavy atom. The molecule has 0 aromatic rings. The van der Waals surface area contributed by atoms with Gasteiger partial charge in [-0.25, -0.2) is 0 Å². The van der Waals surface area contributed by atoms with Gasteiger partial charge in [0, 0.05) is 24.9 Å². The van der Waals surface area contributed by atoms with Gasteiger partial charge in [0.2, 0.25) is 5.91 Å². The normalized spacial score (nSPS) is 32.3. The minimum atomic E-state index is 0.131. The molecular weight excluding hydrogens is 310 g/mol. The fourth-order valence-electron chi connectivity index (χ4n) is 2.72. The van der Waals surface area contributed by atoms with Crippen LogP contribution in [0.15, 0.2) is 0 Å². The van der Waals surface area contributed by atoms with Crippen LogP contribution >= 0.6 is 15.9 Å². The molecule has 0 saturated carbocycles. The first kappa shape index (κ1) is 15.3. The van der Waals surface area contributed by atoms with Gasteiger partial charge < -0.3 is 14.4 Å². The molecule has 2 rings (SSSR count). The smallest absolute Gasteiger partial charge is 0.223 e. The molecule has 3 atom stereocenters. The number of hydrogen-bond donors (Lipinski definition) is 0. The lowest BCUT2D eigenvalue weighted by Crippen LogP contribution is -2.51. The summed E-state index contributed by atoms with van der Waals surface area (Å²) < 4.78 is 11.3. The molecule has 4 nitrogen and oxygen atoms in total. The number of carbonyl (C=O) groups is 1. The molecule has 3 unspecified atom stereocenters. The fourth-order valence-corrected chi connectivity index (χ4v) is 3.11. The third-order valence-corrected chi connectivity index (χ3v) is 4.67. The van der Waals surface area contributed by atoms with Gasteiger partial charge in [0.25, 0.3) is 0 Å². The largest absolute Gasteiger partial charge is 0.378 e. The van der Waals surface area contributed by atoms with Crippen molar-refractivity contribution in [2.24, 2.45) is 0 Å². The Hall–Kier alpha value is -0.130. The van der Waals surface area contributed by atoms with Crippen molar-refractivity contribution >= 4 is 21.8 Å². The molecule has 0 radical (unpaired) electrons. The summed E-state index contributed by atoms with van der Waals surface area (Å²) in [5.41, 5.74) is 0. The molecule has 0 aromatic heterocycles. The van der Waals surface area contributed by atoms with Crippen molar-refractivity contribution in [2.45, 2.75) is 57.3 Å². The quantitative estimate of drug-likeness (QED) is 0.741. The lowest BCUT2D eigenvalue weighted by molar-refractivity contribution is -0.143. The van der Waals surface area contributed by atoms with Crippen LogP contribution < -0.4 is 0 Å². The number of amides is 1. The minimum absolute atomic E-state index is 0.131. The molecule has 0 bridgehead atoms. The third kappa shape index (κ3) is 4.43. The maximum absolute atomic E-state index is 12.3. The second-order valence-electron chi connectivity index (χ2n) is 5.53. The van der Waals surface area contributed by atoms with Crippen molar-refractivity contribution in [1.82, 2.24) is 4.90 Å². The molecule has 110 valence electrons. The summed E-state index contributed by atoms with van der Waals surface area (Å²) in [6, 6.07) is 0.190. The minimum Gasteiger partial charge on any atom is -0.378 e. The third-order valence-electron chi connectivity index (χ3n) is 3.95. The highest BCUT2D eigenvalue weighted by Crippen LogP contribution is 2.19. The molecule has 0 aromatic carbocycles. The SMILES string of the molecule is CC1COC(CBr)CN1C(=O)CCC1CCCCO1. The first-order valence-corrected chi connectivity index (χ1v) is 8.41. The van der Waals surface area contributed by atoms with Gasteiger partial charge in [-0.3, -0.25) is 4.79 Å². The molecule has 2 fully saturated rings. The number of rotatable bonds is 4. The fraction of sp³-hybridized carbons (Fsp3) is 0.929. The molecule has 2 aliphatic rings. The van der Waals surface area contributed by atoms with E-state index in [4.69, 9.17) is 9.47 Å². The van der Waals surface area contributed by atoms with E-state index in [0.717, 1.165) is 31.2 Å². The van der Waals surface area contributed by atoms with Crippen LogP contribution in [0.3, 0.4) is 0 Å². The van der Waals surface area contributed by atoms with Crippen molar-refractivity contribution in [3.05, 3.63) is 0 Å². The molecule has 5 heteroatoms. The van der Waals surface area contributed by atoms with Crippen LogP contribution in [-0.4, -0.2) is 54.1 Å². The lowest BCUT2D eigenvalue weighted by atomic mass is 10.0. The maximum atomic E-state index is 12.3. The predicted octanol–water partition coefficient (Wildman–Crippen LogP) is 2.35. The van der Waals surface area contributed by atoms with Crippen LogP contribution in [-0.2, 0) is 14.3 Å². The average Bonchev–Trinajstić information content (AvgIpc) is 2.46. The van der Waals surface area contributed by atoms with Gasteiger partial charge in [-0.1, -0.05) is 15.9 Å². The Morgan fingerprint density at radius 2 is 2.16 bits per heavy atom. The number of alkyl halides is 1. The number of nitrogens with zero attached hydrogens (tertiary/aromatic N) is 1. The van der Waals surface area contributed by atoms with Crippen molar-refractivity contribution in [3.63, 3.8) is 0 Å². The summed E-state index contributed by atoms with van der Waals surface area (Å²) in [5, 5.41) is 0.787. The highest BCUT2D eigenvalue weighted by atomic mass is 79.9. The van der Waals surface area contributed by atoms with Gasteiger partial charge >= 0.3 is 0 Å². The van der Waals surface area contributed by atoms with Crippen molar-refractivity contribution < 1.29 is 14.3 Å². The Morgan fingerprint density at radius 3 is 2.84 bits per heavy atom. The van der Waals surface area contributed by atoms with Gasteiger partial charge in [0.15, 0.2) is 0 Å². The second kappa shape index (κ2) is 7.60. The van der Waals surface area contributed by atoms with E-state index >= 15 is 0 Å². The molecule has 19 heavy (non-hydrogen) atoms.